The van der Waals surface area contributed by atoms with Crippen LogP contribution < -0.4 is 18.9 Å². The number of hydrogen-bond donors (Lipinski definition) is 0. The van der Waals surface area contributed by atoms with Crippen LogP contribution in [0.3, 0.4) is 0 Å². The summed E-state index contributed by atoms with van der Waals surface area (Å²) in [7, 11) is 0. The van der Waals surface area contributed by atoms with E-state index in [2.05, 4.69) is 0 Å². The predicted octanol–water partition coefficient (Wildman–Crippen LogP) is 4.04. The van der Waals surface area contributed by atoms with Crippen LogP contribution in [0.1, 0.15) is 36.7 Å². The fourth-order valence-electron chi connectivity index (χ4n) is 2.97. The Hall–Kier alpha value is -3.48. The molecule has 158 valence electrons. The third kappa shape index (κ3) is 4.74. The summed E-state index contributed by atoms with van der Waals surface area (Å²) in [5.41, 5.74) is 1.01. The van der Waals surface area contributed by atoms with Crippen LogP contribution >= 0.6 is 0 Å². The lowest BCUT2D eigenvalue weighted by Gasteiger charge is -2.14. The molecular weight excluding hydrogens is 388 g/mol. The highest BCUT2D eigenvalue weighted by molar-refractivity contribution is 6.14. The Bertz CT molecular complexity index is 962. The van der Waals surface area contributed by atoms with Crippen molar-refractivity contribution in [2.75, 3.05) is 26.4 Å². The van der Waals surface area contributed by atoms with Gasteiger partial charge < -0.3 is 23.7 Å². The average molecular weight is 412 g/mol. The highest BCUT2D eigenvalue weighted by Crippen LogP contribution is 2.38. The van der Waals surface area contributed by atoms with E-state index in [9.17, 15) is 9.59 Å². The summed E-state index contributed by atoms with van der Waals surface area (Å²) >= 11 is 0. The first-order valence-electron chi connectivity index (χ1n) is 9.82. The van der Waals surface area contributed by atoms with Gasteiger partial charge in [0.1, 0.15) is 11.5 Å². The van der Waals surface area contributed by atoms with E-state index >= 15 is 0 Å². The van der Waals surface area contributed by atoms with Crippen molar-refractivity contribution >= 4 is 17.8 Å². The summed E-state index contributed by atoms with van der Waals surface area (Å²) < 4.78 is 27.4. The first-order chi connectivity index (χ1) is 14.6. The van der Waals surface area contributed by atoms with Gasteiger partial charge in [0.25, 0.3) is 0 Å². The molecule has 1 aliphatic rings. The van der Waals surface area contributed by atoms with E-state index in [1.54, 1.807) is 49.4 Å². The Morgan fingerprint density at radius 2 is 1.80 bits per heavy atom. The van der Waals surface area contributed by atoms with Crippen molar-refractivity contribution in [1.29, 1.82) is 0 Å². The van der Waals surface area contributed by atoms with Gasteiger partial charge in [-0.05, 0) is 45.0 Å². The van der Waals surface area contributed by atoms with Crippen LogP contribution in [0.5, 0.6) is 23.0 Å². The van der Waals surface area contributed by atoms with Gasteiger partial charge in [0.15, 0.2) is 23.9 Å². The van der Waals surface area contributed by atoms with Crippen molar-refractivity contribution in [2.24, 2.45) is 0 Å². The quantitative estimate of drug-likeness (QED) is 0.454. The molecule has 0 fully saturated rings. The standard InChI is InChI=1S/C23H24O7/c1-4-26-16-10-11-17-19(13-16)30-20(22(17)25)12-15-8-7-9-18(27-5-2)23(15)29-14-21(24)28-6-3/h7-13H,4-6,14H2,1-3H3/b20-12-. The smallest absolute Gasteiger partial charge is 0.344 e. The van der Waals surface area contributed by atoms with Crippen LogP contribution in [0.4, 0.5) is 0 Å². The van der Waals surface area contributed by atoms with Crippen LogP contribution in [0.15, 0.2) is 42.2 Å². The molecule has 0 spiro atoms. The fourth-order valence-corrected chi connectivity index (χ4v) is 2.97. The molecule has 0 saturated heterocycles. The minimum Gasteiger partial charge on any atom is -0.494 e. The summed E-state index contributed by atoms with van der Waals surface area (Å²) in [6, 6.07) is 10.4. The molecule has 2 aromatic rings. The second kappa shape index (κ2) is 9.82. The van der Waals surface area contributed by atoms with Crippen molar-refractivity contribution < 1.29 is 33.3 Å². The number of esters is 1. The van der Waals surface area contributed by atoms with Gasteiger partial charge in [-0.15, -0.1) is 0 Å². The third-order valence-corrected chi connectivity index (χ3v) is 4.19. The van der Waals surface area contributed by atoms with Gasteiger partial charge in [-0.1, -0.05) is 12.1 Å². The highest BCUT2D eigenvalue weighted by Gasteiger charge is 2.28. The zero-order valence-electron chi connectivity index (χ0n) is 17.2. The maximum Gasteiger partial charge on any atom is 0.344 e. The molecule has 7 heteroatoms. The van der Waals surface area contributed by atoms with Crippen molar-refractivity contribution in [3.8, 4) is 23.0 Å². The zero-order valence-corrected chi connectivity index (χ0v) is 17.2. The Balaban J connectivity index is 1.91. The second-order valence-electron chi connectivity index (χ2n) is 6.23. The summed E-state index contributed by atoms with van der Waals surface area (Å²) in [5, 5.41) is 0. The first kappa shape index (κ1) is 21.2. The van der Waals surface area contributed by atoms with Gasteiger partial charge in [0, 0.05) is 11.6 Å². The summed E-state index contributed by atoms with van der Waals surface area (Å²) in [6.45, 7) is 6.36. The van der Waals surface area contributed by atoms with E-state index in [0.29, 0.717) is 47.3 Å². The number of allylic oxidation sites excluding steroid dienone is 1. The monoisotopic (exact) mass is 412 g/mol. The van der Waals surface area contributed by atoms with Crippen molar-refractivity contribution in [2.45, 2.75) is 20.8 Å². The number of ketones is 1. The third-order valence-electron chi connectivity index (χ3n) is 4.19. The molecule has 0 saturated carbocycles. The number of ether oxygens (including phenoxy) is 5. The first-order valence-corrected chi connectivity index (χ1v) is 9.82. The SMILES string of the molecule is CCOC(=O)COc1c(/C=C2\Oc3cc(OCC)ccc3C2=O)cccc1OCC. The van der Waals surface area contributed by atoms with Crippen molar-refractivity contribution in [3.63, 3.8) is 0 Å². The maximum atomic E-state index is 12.8. The average Bonchev–Trinajstić information content (AvgIpc) is 3.03. The normalized spacial score (nSPS) is 13.6. The number of hydrogen-bond acceptors (Lipinski definition) is 7. The lowest BCUT2D eigenvalue weighted by Crippen LogP contribution is -2.15. The minimum absolute atomic E-state index is 0.147. The molecule has 0 aromatic heterocycles. The van der Waals surface area contributed by atoms with Gasteiger partial charge in [-0.2, -0.15) is 0 Å². The van der Waals surface area contributed by atoms with Crippen LogP contribution in [-0.2, 0) is 9.53 Å². The van der Waals surface area contributed by atoms with Crippen LogP contribution in [0, 0.1) is 0 Å². The Labute approximate surface area is 175 Å². The van der Waals surface area contributed by atoms with Gasteiger partial charge in [-0.25, -0.2) is 4.79 Å². The molecule has 3 rings (SSSR count). The Morgan fingerprint density at radius 3 is 2.53 bits per heavy atom. The highest BCUT2D eigenvalue weighted by atomic mass is 16.6. The number of carbonyl (C=O) groups is 2. The molecule has 0 bridgehead atoms. The largest absolute Gasteiger partial charge is 0.494 e. The zero-order chi connectivity index (χ0) is 21.5. The Morgan fingerprint density at radius 1 is 1.00 bits per heavy atom. The van der Waals surface area contributed by atoms with Gasteiger partial charge in [0.05, 0.1) is 25.4 Å². The lowest BCUT2D eigenvalue weighted by atomic mass is 10.1. The summed E-state index contributed by atoms with van der Waals surface area (Å²) in [6.07, 6.45) is 1.58. The van der Waals surface area contributed by atoms with E-state index in [1.807, 2.05) is 13.8 Å². The van der Waals surface area contributed by atoms with E-state index in [0.717, 1.165) is 0 Å². The number of benzene rings is 2. The van der Waals surface area contributed by atoms with Crippen LogP contribution in [-0.4, -0.2) is 38.2 Å². The molecule has 0 amide bonds. The van der Waals surface area contributed by atoms with E-state index in [1.165, 1.54) is 0 Å². The molecule has 0 aliphatic carbocycles. The van der Waals surface area contributed by atoms with E-state index in [4.69, 9.17) is 23.7 Å². The van der Waals surface area contributed by atoms with Crippen molar-refractivity contribution in [1.82, 2.24) is 0 Å². The molecule has 0 unspecified atom stereocenters. The molecule has 2 aromatic carbocycles. The molecular formula is C23H24O7. The maximum absolute atomic E-state index is 12.8. The number of para-hydroxylation sites is 1. The molecule has 0 radical (unpaired) electrons. The van der Waals surface area contributed by atoms with Gasteiger partial charge in [0.2, 0.25) is 5.78 Å². The van der Waals surface area contributed by atoms with Gasteiger partial charge in [-0.3, -0.25) is 4.79 Å². The number of fused-ring (bicyclic) bond motifs is 1. The van der Waals surface area contributed by atoms with Crippen molar-refractivity contribution in [3.05, 3.63) is 53.3 Å². The molecule has 30 heavy (non-hydrogen) atoms. The molecule has 1 heterocycles. The van der Waals surface area contributed by atoms with Crippen LogP contribution in [0.2, 0.25) is 0 Å². The molecule has 0 atom stereocenters. The molecule has 1 aliphatic heterocycles. The number of rotatable bonds is 9. The van der Waals surface area contributed by atoms with E-state index in [-0.39, 0.29) is 24.8 Å². The lowest BCUT2D eigenvalue weighted by molar-refractivity contribution is -0.145. The second-order valence-corrected chi connectivity index (χ2v) is 6.23. The van der Waals surface area contributed by atoms with Crippen LogP contribution in [0.25, 0.3) is 6.08 Å². The molecule has 7 nitrogen and oxygen atoms in total. The van der Waals surface area contributed by atoms with Gasteiger partial charge >= 0.3 is 5.97 Å². The van der Waals surface area contributed by atoms with E-state index < -0.39 is 5.97 Å². The Kier molecular flexibility index (Phi) is 6.95. The fraction of sp³-hybridized carbons (Fsp3) is 0.304. The molecule has 0 N–H and O–H groups in total. The summed E-state index contributed by atoms with van der Waals surface area (Å²) in [5.74, 6) is 1.26. The summed E-state index contributed by atoms with van der Waals surface area (Å²) in [4.78, 5) is 24.5. The number of carbonyl (C=O) groups excluding carboxylic acids is 2. The number of Topliss-reactive ketones (excluding diaryl/α,β-unsaturated/α-hetero) is 1. The topological polar surface area (TPSA) is 80.3 Å². The predicted molar refractivity (Wildman–Crippen MR) is 110 cm³/mol. The minimum atomic E-state index is -0.494.